The molecule has 132 valence electrons. The highest BCUT2D eigenvalue weighted by Crippen LogP contribution is 2.22. The van der Waals surface area contributed by atoms with E-state index in [1.54, 1.807) is 31.4 Å². The number of urea groups is 1. The van der Waals surface area contributed by atoms with Crippen LogP contribution in [-0.4, -0.2) is 13.1 Å². The lowest BCUT2D eigenvalue weighted by molar-refractivity contribution is 0.262. The summed E-state index contributed by atoms with van der Waals surface area (Å²) in [5, 5.41) is 5.59. The highest BCUT2D eigenvalue weighted by molar-refractivity contribution is 8.00. The van der Waals surface area contributed by atoms with Gasteiger partial charge in [0, 0.05) is 22.0 Å². The van der Waals surface area contributed by atoms with Crippen molar-refractivity contribution in [3.8, 4) is 5.75 Å². The van der Waals surface area contributed by atoms with Gasteiger partial charge in [-0.15, -0.1) is 0 Å². The normalized spacial score (nSPS) is 10.0. The van der Waals surface area contributed by atoms with E-state index in [1.807, 2.05) is 54.6 Å². The zero-order chi connectivity index (χ0) is 18.2. The van der Waals surface area contributed by atoms with Gasteiger partial charge in [0.1, 0.15) is 5.75 Å². The summed E-state index contributed by atoms with van der Waals surface area (Å²) in [6.45, 7) is 0. The van der Waals surface area contributed by atoms with Crippen LogP contribution < -0.4 is 20.1 Å². The number of hydrogen-bond acceptors (Lipinski definition) is 4. The van der Waals surface area contributed by atoms with Gasteiger partial charge in [0.2, 0.25) is 0 Å². The molecule has 0 atom stereocenters. The van der Waals surface area contributed by atoms with Crippen LogP contribution in [0.15, 0.2) is 83.8 Å². The zero-order valence-electron chi connectivity index (χ0n) is 14.2. The first-order valence-electron chi connectivity index (χ1n) is 8.03. The highest BCUT2D eigenvalue weighted by atomic mass is 32.2. The number of carbonyl (C=O) groups excluding carboxylic acids is 1. The molecule has 0 saturated carbocycles. The van der Waals surface area contributed by atoms with Crippen molar-refractivity contribution in [1.82, 2.24) is 0 Å². The molecule has 5 nitrogen and oxygen atoms in total. The molecule has 2 amide bonds. The van der Waals surface area contributed by atoms with E-state index >= 15 is 0 Å². The second-order valence-corrected chi connectivity index (χ2v) is 6.28. The van der Waals surface area contributed by atoms with Gasteiger partial charge in [-0.2, -0.15) is 0 Å². The quantitative estimate of drug-likeness (QED) is 0.508. The van der Waals surface area contributed by atoms with Gasteiger partial charge in [0.05, 0.1) is 7.11 Å². The van der Waals surface area contributed by atoms with E-state index in [1.165, 1.54) is 11.9 Å². The minimum atomic E-state index is -0.294. The van der Waals surface area contributed by atoms with Gasteiger partial charge >= 0.3 is 6.03 Å². The van der Waals surface area contributed by atoms with Crippen LogP contribution in [0.5, 0.6) is 5.75 Å². The van der Waals surface area contributed by atoms with Crippen molar-refractivity contribution < 1.29 is 9.53 Å². The number of amides is 2. The van der Waals surface area contributed by atoms with Crippen LogP contribution in [0.3, 0.4) is 0 Å². The number of benzene rings is 3. The van der Waals surface area contributed by atoms with Crippen LogP contribution in [0.1, 0.15) is 0 Å². The minimum absolute atomic E-state index is 0.294. The van der Waals surface area contributed by atoms with Gasteiger partial charge in [0.15, 0.2) is 0 Å². The number of carbonyl (C=O) groups is 1. The Hall–Kier alpha value is -3.12. The molecule has 3 aromatic rings. The van der Waals surface area contributed by atoms with E-state index in [4.69, 9.17) is 4.74 Å². The summed E-state index contributed by atoms with van der Waals surface area (Å²) in [7, 11) is 1.60. The van der Waals surface area contributed by atoms with Gasteiger partial charge in [-0.25, -0.2) is 4.79 Å². The maximum absolute atomic E-state index is 12.1. The number of rotatable bonds is 6. The summed E-state index contributed by atoms with van der Waals surface area (Å²) >= 11 is 1.52. The smallest absolute Gasteiger partial charge is 0.323 e. The Balaban J connectivity index is 1.50. The number of methoxy groups -OCH3 is 1. The van der Waals surface area contributed by atoms with E-state index < -0.39 is 0 Å². The Morgan fingerprint density at radius 2 is 1.35 bits per heavy atom. The minimum Gasteiger partial charge on any atom is -0.497 e. The van der Waals surface area contributed by atoms with Crippen molar-refractivity contribution in [1.29, 1.82) is 0 Å². The Morgan fingerprint density at radius 3 is 1.92 bits per heavy atom. The van der Waals surface area contributed by atoms with Crippen LogP contribution in [0.4, 0.5) is 21.9 Å². The molecule has 0 saturated heterocycles. The Bertz CT molecular complexity index is 837. The largest absolute Gasteiger partial charge is 0.497 e. The lowest BCUT2D eigenvalue weighted by Gasteiger charge is -2.09. The summed E-state index contributed by atoms with van der Waals surface area (Å²) in [5.41, 5.74) is 2.46. The van der Waals surface area contributed by atoms with Crippen LogP contribution in [0.25, 0.3) is 0 Å². The van der Waals surface area contributed by atoms with Crippen molar-refractivity contribution in [3.05, 3.63) is 78.9 Å². The lowest BCUT2D eigenvalue weighted by atomic mass is 10.3. The molecule has 0 aromatic heterocycles. The summed E-state index contributed by atoms with van der Waals surface area (Å²) in [6.07, 6.45) is 0. The highest BCUT2D eigenvalue weighted by Gasteiger charge is 2.03. The average molecular weight is 365 g/mol. The molecule has 3 rings (SSSR count). The Morgan fingerprint density at radius 1 is 0.769 bits per heavy atom. The van der Waals surface area contributed by atoms with Crippen LogP contribution in [0, 0.1) is 0 Å². The maximum atomic E-state index is 12.1. The third kappa shape index (κ3) is 5.19. The monoisotopic (exact) mass is 365 g/mol. The molecule has 0 spiro atoms. The number of anilines is 3. The number of hydrogen-bond donors (Lipinski definition) is 3. The predicted octanol–water partition coefficient (Wildman–Crippen LogP) is 5.46. The molecular formula is C20H19N3O2S. The molecule has 0 radical (unpaired) electrons. The Kier molecular flexibility index (Phi) is 6.01. The first-order valence-corrected chi connectivity index (χ1v) is 8.84. The molecule has 0 fully saturated rings. The number of nitrogens with one attached hydrogen (secondary N) is 3. The van der Waals surface area contributed by atoms with Crippen molar-refractivity contribution >= 4 is 35.0 Å². The van der Waals surface area contributed by atoms with E-state index in [-0.39, 0.29) is 6.03 Å². The molecule has 0 aliphatic carbocycles. The second-order valence-electron chi connectivity index (χ2n) is 5.40. The molecule has 0 aliphatic rings. The zero-order valence-corrected chi connectivity index (χ0v) is 15.0. The van der Waals surface area contributed by atoms with E-state index in [9.17, 15) is 4.79 Å². The molecule has 0 bridgehead atoms. The van der Waals surface area contributed by atoms with Gasteiger partial charge in [-0.1, -0.05) is 18.2 Å². The summed E-state index contributed by atoms with van der Waals surface area (Å²) in [4.78, 5) is 13.1. The maximum Gasteiger partial charge on any atom is 0.323 e. The third-order valence-electron chi connectivity index (χ3n) is 3.52. The van der Waals surface area contributed by atoms with Gasteiger partial charge in [-0.3, -0.25) is 0 Å². The lowest BCUT2D eigenvalue weighted by Crippen LogP contribution is -2.19. The average Bonchev–Trinajstić information content (AvgIpc) is 2.69. The molecule has 3 N–H and O–H groups in total. The first kappa shape index (κ1) is 17.7. The van der Waals surface area contributed by atoms with Crippen molar-refractivity contribution in [2.45, 2.75) is 4.90 Å². The molecule has 3 aromatic carbocycles. The predicted molar refractivity (Wildman–Crippen MR) is 108 cm³/mol. The molecule has 0 unspecified atom stereocenters. The topological polar surface area (TPSA) is 62.4 Å². The fourth-order valence-corrected chi connectivity index (χ4v) is 2.84. The van der Waals surface area contributed by atoms with Crippen LogP contribution in [0.2, 0.25) is 0 Å². The van der Waals surface area contributed by atoms with Gasteiger partial charge in [-0.05, 0) is 72.6 Å². The SMILES string of the molecule is COc1ccc(NC(=O)Nc2ccc(SNc3ccccc3)cc2)cc1. The summed E-state index contributed by atoms with van der Waals surface area (Å²) in [5.74, 6) is 0.744. The summed E-state index contributed by atoms with van der Waals surface area (Å²) < 4.78 is 8.36. The molecular weight excluding hydrogens is 346 g/mol. The van der Waals surface area contributed by atoms with E-state index in [0.717, 1.165) is 22.0 Å². The molecule has 26 heavy (non-hydrogen) atoms. The van der Waals surface area contributed by atoms with Crippen molar-refractivity contribution in [3.63, 3.8) is 0 Å². The molecule has 6 heteroatoms. The van der Waals surface area contributed by atoms with E-state index in [2.05, 4.69) is 15.4 Å². The summed E-state index contributed by atoms with van der Waals surface area (Å²) in [6, 6.07) is 24.4. The Labute approximate surface area is 156 Å². The van der Waals surface area contributed by atoms with Crippen molar-refractivity contribution in [2.24, 2.45) is 0 Å². The number of ether oxygens (including phenoxy) is 1. The fourth-order valence-electron chi connectivity index (χ4n) is 2.20. The van der Waals surface area contributed by atoms with Gasteiger partial charge < -0.3 is 20.1 Å². The first-order chi connectivity index (χ1) is 12.7. The van der Waals surface area contributed by atoms with Gasteiger partial charge in [0.25, 0.3) is 0 Å². The number of para-hydroxylation sites is 1. The molecule has 0 aliphatic heterocycles. The molecule has 0 heterocycles. The van der Waals surface area contributed by atoms with Crippen molar-refractivity contribution in [2.75, 3.05) is 22.5 Å². The fraction of sp³-hybridized carbons (Fsp3) is 0.0500. The third-order valence-corrected chi connectivity index (χ3v) is 4.37. The standard InChI is InChI=1S/C20H19N3O2S/c1-25-18-11-7-15(8-12-18)21-20(24)22-16-9-13-19(14-10-16)26-23-17-5-3-2-4-6-17/h2-14,23H,1H3,(H2,21,22,24). The van der Waals surface area contributed by atoms with Crippen LogP contribution in [-0.2, 0) is 0 Å². The second kappa shape index (κ2) is 8.82. The van der Waals surface area contributed by atoms with Crippen LogP contribution >= 0.6 is 11.9 Å². The van der Waals surface area contributed by atoms with E-state index in [0.29, 0.717) is 5.69 Å².